The first kappa shape index (κ1) is 18.6. The van der Waals surface area contributed by atoms with Crippen LogP contribution < -0.4 is 19.5 Å². The summed E-state index contributed by atoms with van der Waals surface area (Å²) < 4.78 is 16.1. The summed E-state index contributed by atoms with van der Waals surface area (Å²) in [5, 5.41) is 5.13. The van der Waals surface area contributed by atoms with Gasteiger partial charge in [0.25, 0.3) is 0 Å². The molecule has 0 saturated carbocycles. The second kappa shape index (κ2) is 8.45. The lowest BCUT2D eigenvalue weighted by Crippen LogP contribution is -2.12. The molecule has 0 aliphatic heterocycles. The van der Waals surface area contributed by atoms with Crippen molar-refractivity contribution in [2.24, 2.45) is 0 Å². The molecule has 0 aromatic heterocycles. The molecular formula is C22H23NO4. The van der Waals surface area contributed by atoms with Crippen molar-refractivity contribution >= 4 is 22.4 Å². The smallest absolute Gasteiger partial charge is 0.224 e. The normalized spacial score (nSPS) is 10.5. The number of aryl methyl sites for hydroxylation is 1. The number of carbonyl (C=O) groups excluding carboxylic acids is 1. The van der Waals surface area contributed by atoms with Crippen LogP contribution >= 0.6 is 0 Å². The molecule has 3 aromatic rings. The quantitative estimate of drug-likeness (QED) is 0.673. The zero-order valence-corrected chi connectivity index (χ0v) is 15.7. The topological polar surface area (TPSA) is 56.8 Å². The van der Waals surface area contributed by atoms with E-state index in [0.29, 0.717) is 30.1 Å². The zero-order chi connectivity index (χ0) is 19.2. The second-order valence-electron chi connectivity index (χ2n) is 6.11. The molecule has 1 amide bonds. The van der Waals surface area contributed by atoms with Crippen LogP contribution in [0.5, 0.6) is 17.2 Å². The van der Waals surface area contributed by atoms with E-state index < -0.39 is 0 Å². The van der Waals surface area contributed by atoms with Gasteiger partial charge in [-0.15, -0.1) is 0 Å². The molecule has 1 N–H and O–H groups in total. The minimum atomic E-state index is -0.0416. The molecule has 0 bridgehead atoms. The van der Waals surface area contributed by atoms with Gasteiger partial charge in [-0.05, 0) is 35.6 Å². The number of benzene rings is 3. The standard InChI is InChI=1S/C22H23NO4/c1-25-19-13-15(14-20(26-2)22(19)27-3)11-12-21(24)23-18-10-6-8-16-7-4-5-9-17(16)18/h4-10,13-14H,11-12H2,1-3H3,(H,23,24). The maximum Gasteiger partial charge on any atom is 0.224 e. The minimum absolute atomic E-state index is 0.0416. The highest BCUT2D eigenvalue weighted by molar-refractivity contribution is 6.02. The van der Waals surface area contributed by atoms with Crippen molar-refractivity contribution < 1.29 is 19.0 Å². The van der Waals surface area contributed by atoms with E-state index in [1.165, 1.54) is 0 Å². The molecule has 0 heterocycles. The van der Waals surface area contributed by atoms with E-state index in [1.54, 1.807) is 21.3 Å². The number of hydrogen-bond donors (Lipinski definition) is 1. The molecule has 140 valence electrons. The maximum absolute atomic E-state index is 12.5. The Balaban J connectivity index is 1.72. The predicted molar refractivity (Wildman–Crippen MR) is 107 cm³/mol. The molecule has 5 nitrogen and oxygen atoms in total. The van der Waals surface area contributed by atoms with E-state index in [0.717, 1.165) is 22.0 Å². The third kappa shape index (κ3) is 4.14. The summed E-state index contributed by atoms with van der Waals surface area (Å²) in [6, 6.07) is 17.6. The average molecular weight is 365 g/mol. The summed E-state index contributed by atoms with van der Waals surface area (Å²) in [7, 11) is 4.72. The van der Waals surface area contributed by atoms with Gasteiger partial charge in [-0.3, -0.25) is 4.79 Å². The average Bonchev–Trinajstić information content (AvgIpc) is 2.71. The Kier molecular flexibility index (Phi) is 5.81. The molecule has 0 aliphatic carbocycles. The van der Waals surface area contributed by atoms with Crippen molar-refractivity contribution in [2.45, 2.75) is 12.8 Å². The number of methoxy groups -OCH3 is 3. The number of rotatable bonds is 7. The number of carbonyl (C=O) groups is 1. The molecule has 0 radical (unpaired) electrons. The van der Waals surface area contributed by atoms with Gasteiger partial charge in [0.15, 0.2) is 11.5 Å². The Morgan fingerprint density at radius 1 is 0.889 bits per heavy atom. The van der Waals surface area contributed by atoms with Gasteiger partial charge in [0.1, 0.15) is 0 Å². The van der Waals surface area contributed by atoms with Gasteiger partial charge < -0.3 is 19.5 Å². The van der Waals surface area contributed by atoms with Crippen LogP contribution in [0.4, 0.5) is 5.69 Å². The zero-order valence-electron chi connectivity index (χ0n) is 15.7. The summed E-state index contributed by atoms with van der Waals surface area (Å²) in [4.78, 5) is 12.5. The van der Waals surface area contributed by atoms with Gasteiger partial charge in [-0.25, -0.2) is 0 Å². The van der Waals surface area contributed by atoms with E-state index >= 15 is 0 Å². The Hall–Kier alpha value is -3.21. The molecule has 3 rings (SSSR count). The van der Waals surface area contributed by atoms with E-state index in [1.807, 2.05) is 54.6 Å². The Morgan fingerprint density at radius 2 is 1.56 bits per heavy atom. The molecule has 27 heavy (non-hydrogen) atoms. The molecule has 5 heteroatoms. The largest absolute Gasteiger partial charge is 0.493 e. The van der Waals surface area contributed by atoms with Gasteiger partial charge in [0.05, 0.1) is 21.3 Å². The lowest BCUT2D eigenvalue weighted by Gasteiger charge is -2.14. The molecule has 0 aliphatic rings. The highest BCUT2D eigenvalue weighted by atomic mass is 16.5. The number of nitrogens with one attached hydrogen (secondary N) is 1. The maximum atomic E-state index is 12.5. The minimum Gasteiger partial charge on any atom is -0.493 e. The summed E-state index contributed by atoms with van der Waals surface area (Å²) in [5.74, 6) is 1.67. The van der Waals surface area contributed by atoms with Crippen LogP contribution in [0.15, 0.2) is 54.6 Å². The highest BCUT2D eigenvalue weighted by Gasteiger charge is 2.14. The molecule has 0 unspecified atom stereocenters. The number of ether oxygens (including phenoxy) is 3. The van der Waals surface area contributed by atoms with E-state index in [2.05, 4.69) is 5.32 Å². The lowest BCUT2D eigenvalue weighted by atomic mass is 10.1. The fourth-order valence-electron chi connectivity index (χ4n) is 3.08. The summed E-state index contributed by atoms with van der Waals surface area (Å²) in [6.45, 7) is 0. The van der Waals surface area contributed by atoms with E-state index in [-0.39, 0.29) is 5.91 Å². The van der Waals surface area contributed by atoms with Crippen molar-refractivity contribution in [1.29, 1.82) is 0 Å². The fraction of sp³-hybridized carbons (Fsp3) is 0.227. The highest BCUT2D eigenvalue weighted by Crippen LogP contribution is 2.38. The van der Waals surface area contributed by atoms with Crippen LogP contribution in [0.2, 0.25) is 0 Å². The van der Waals surface area contributed by atoms with Gasteiger partial charge in [0.2, 0.25) is 11.7 Å². The van der Waals surface area contributed by atoms with Crippen LogP contribution in [-0.2, 0) is 11.2 Å². The van der Waals surface area contributed by atoms with Gasteiger partial charge in [-0.1, -0.05) is 36.4 Å². The number of fused-ring (bicyclic) bond motifs is 1. The number of hydrogen-bond acceptors (Lipinski definition) is 4. The predicted octanol–water partition coefficient (Wildman–Crippen LogP) is 4.44. The van der Waals surface area contributed by atoms with Crippen molar-refractivity contribution in [1.82, 2.24) is 0 Å². The van der Waals surface area contributed by atoms with Gasteiger partial charge >= 0.3 is 0 Å². The Morgan fingerprint density at radius 3 is 2.22 bits per heavy atom. The summed E-state index contributed by atoms with van der Waals surface area (Å²) >= 11 is 0. The molecular weight excluding hydrogens is 342 g/mol. The first-order chi connectivity index (χ1) is 13.2. The van der Waals surface area contributed by atoms with Crippen molar-refractivity contribution in [3.8, 4) is 17.2 Å². The summed E-state index contributed by atoms with van der Waals surface area (Å²) in [5.41, 5.74) is 1.76. The van der Waals surface area contributed by atoms with Crippen LogP contribution in [0.3, 0.4) is 0 Å². The Bertz CT molecular complexity index is 922. The lowest BCUT2D eigenvalue weighted by molar-refractivity contribution is -0.116. The van der Waals surface area contributed by atoms with Crippen LogP contribution in [0.25, 0.3) is 10.8 Å². The molecule has 0 atom stereocenters. The van der Waals surface area contributed by atoms with E-state index in [4.69, 9.17) is 14.2 Å². The Labute approximate surface area is 158 Å². The summed E-state index contributed by atoms with van der Waals surface area (Å²) in [6.07, 6.45) is 0.912. The molecule has 0 saturated heterocycles. The van der Waals surface area contributed by atoms with Crippen molar-refractivity contribution in [3.63, 3.8) is 0 Å². The second-order valence-corrected chi connectivity index (χ2v) is 6.11. The first-order valence-electron chi connectivity index (χ1n) is 8.72. The van der Waals surface area contributed by atoms with Crippen molar-refractivity contribution in [3.05, 3.63) is 60.2 Å². The van der Waals surface area contributed by atoms with Crippen LogP contribution in [0.1, 0.15) is 12.0 Å². The van der Waals surface area contributed by atoms with Crippen molar-refractivity contribution in [2.75, 3.05) is 26.6 Å². The molecule has 3 aromatic carbocycles. The third-order valence-corrected chi connectivity index (χ3v) is 4.43. The molecule has 0 fully saturated rings. The number of anilines is 1. The van der Waals surface area contributed by atoms with Crippen LogP contribution in [-0.4, -0.2) is 27.2 Å². The fourth-order valence-corrected chi connectivity index (χ4v) is 3.08. The third-order valence-electron chi connectivity index (χ3n) is 4.43. The molecule has 0 spiro atoms. The van der Waals surface area contributed by atoms with Crippen LogP contribution in [0, 0.1) is 0 Å². The number of amides is 1. The van der Waals surface area contributed by atoms with E-state index in [9.17, 15) is 4.79 Å². The SMILES string of the molecule is COc1cc(CCC(=O)Nc2cccc3ccccc23)cc(OC)c1OC. The first-order valence-corrected chi connectivity index (χ1v) is 8.72. The van der Waals surface area contributed by atoms with Gasteiger partial charge in [-0.2, -0.15) is 0 Å². The van der Waals surface area contributed by atoms with Gasteiger partial charge in [0, 0.05) is 17.5 Å². The monoisotopic (exact) mass is 365 g/mol.